The summed E-state index contributed by atoms with van der Waals surface area (Å²) in [5.74, 6) is 0. The highest BCUT2D eigenvalue weighted by Gasteiger charge is 2.38. The van der Waals surface area contributed by atoms with Crippen molar-refractivity contribution in [2.24, 2.45) is 0 Å². The molecule has 1 unspecified atom stereocenters. The highest BCUT2D eigenvalue weighted by atomic mass is 16.3. The number of nitrogens with zero attached hydrogens (tertiary/aromatic N) is 1. The number of nitrogens with one attached hydrogen (secondary N) is 1. The first kappa shape index (κ1) is 12.4. The number of aliphatic hydroxyl groups is 1. The largest absolute Gasteiger partial charge is 0.394 e. The van der Waals surface area contributed by atoms with Crippen molar-refractivity contribution in [1.29, 1.82) is 0 Å². The molecule has 1 aromatic carbocycles. The summed E-state index contributed by atoms with van der Waals surface area (Å²) in [6.07, 6.45) is 0.997. The van der Waals surface area contributed by atoms with E-state index in [2.05, 4.69) is 36.2 Å². The molecule has 0 bridgehead atoms. The van der Waals surface area contributed by atoms with E-state index >= 15 is 0 Å². The zero-order chi connectivity index (χ0) is 12.3. The Labute approximate surface area is 103 Å². The second-order valence-electron chi connectivity index (χ2n) is 5.24. The van der Waals surface area contributed by atoms with Crippen LogP contribution in [0.3, 0.4) is 0 Å². The molecule has 0 saturated carbocycles. The number of anilines is 1. The highest BCUT2D eigenvalue weighted by Crippen LogP contribution is 2.27. The topological polar surface area (TPSA) is 35.5 Å². The van der Waals surface area contributed by atoms with E-state index in [1.54, 1.807) is 0 Å². The highest BCUT2D eigenvalue weighted by molar-refractivity contribution is 5.45. The maximum Gasteiger partial charge on any atom is 0.0742 e. The van der Waals surface area contributed by atoms with Gasteiger partial charge in [0.25, 0.3) is 0 Å². The number of aliphatic hydroxyl groups excluding tert-OH is 1. The van der Waals surface area contributed by atoms with Crippen molar-refractivity contribution in [3.8, 4) is 0 Å². The first-order chi connectivity index (χ1) is 8.15. The number of likely N-dealkylation sites (tertiary alicyclic amines) is 1. The standard InChI is InChI=1S/C14H22N2O/c1-12(2)16-9-8-14(10-16,11-17)15-13-6-4-3-5-7-13/h3-7,12,15,17H,8-11H2,1-2H3. The Balaban J connectivity index is 2.07. The third-order valence-corrected chi connectivity index (χ3v) is 3.60. The van der Waals surface area contributed by atoms with Crippen LogP contribution in [-0.2, 0) is 0 Å². The maximum atomic E-state index is 9.69. The van der Waals surface area contributed by atoms with Crippen molar-refractivity contribution >= 4 is 5.69 Å². The Bertz CT molecular complexity index is 352. The van der Waals surface area contributed by atoms with Crippen molar-refractivity contribution in [3.05, 3.63) is 30.3 Å². The fourth-order valence-electron chi connectivity index (χ4n) is 2.44. The molecule has 2 rings (SSSR count). The van der Waals surface area contributed by atoms with Crippen LogP contribution in [0.1, 0.15) is 20.3 Å². The number of benzene rings is 1. The van der Waals surface area contributed by atoms with Crippen LogP contribution in [0.5, 0.6) is 0 Å². The van der Waals surface area contributed by atoms with Crippen LogP contribution in [0.2, 0.25) is 0 Å². The van der Waals surface area contributed by atoms with Crippen LogP contribution < -0.4 is 5.32 Å². The van der Waals surface area contributed by atoms with Gasteiger partial charge < -0.3 is 10.4 Å². The van der Waals surface area contributed by atoms with E-state index in [9.17, 15) is 5.11 Å². The number of rotatable bonds is 4. The van der Waals surface area contributed by atoms with Crippen LogP contribution in [0.15, 0.2) is 30.3 Å². The zero-order valence-corrected chi connectivity index (χ0v) is 10.7. The Morgan fingerprint density at radius 1 is 1.35 bits per heavy atom. The van der Waals surface area contributed by atoms with Gasteiger partial charge in [-0.15, -0.1) is 0 Å². The van der Waals surface area contributed by atoms with E-state index in [0.717, 1.165) is 25.2 Å². The molecule has 1 atom stereocenters. The Morgan fingerprint density at radius 3 is 2.59 bits per heavy atom. The molecular formula is C14H22N2O. The third kappa shape index (κ3) is 2.79. The van der Waals surface area contributed by atoms with Crippen LogP contribution in [0, 0.1) is 0 Å². The molecule has 0 amide bonds. The summed E-state index contributed by atoms with van der Waals surface area (Å²) >= 11 is 0. The first-order valence-electron chi connectivity index (χ1n) is 6.33. The average Bonchev–Trinajstić information content (AvgIpc) is 2.76. The van der Waals surface area contributed by atoms with Gasteiger partial charge >= 0.3 is 0 Å². The van der Waals surface area contributed by atoms with Gasteiger partial charge in [-0.3, -0.25) is 4.90 Å². The molecule has 94 valence electrons. The Morgan fingerprint density at radius 2 is 2.06 bits per heavy atom. The smallest absolute Gasteiger partial charge is 0.0742 e. The molecular weight excluding hydrogens is 212 g/mol. The van der Waals surface area contributed by atoms with E-state index < -0.39 is 0 Å². The predicted molar refractivity (Wildman–Crippen MR) is 71.2 cm³/mol. The first-order valence-corrected chi connectivity index (χ1v) is 6.33. The molecule has 0 spiro atoms. The van der Waals surface area contributed by atoms with Gasteiger partial charge in [-0.2, -0.15) is 0 Å². The van der Waals surface area contributed by atoms with Gasteiger partial charge in [-0.1, -0.05) is 18.2 Å². The van der Waals surface area contributed by atoms with Gasteiger partial charge in [0.2, 0.25) is 0 Å². The second-order valence-corrected chi connectivity index (χ2v) is 5.24. The Kier molecular flexibility index (Phi) is 3.69. The van der Waals surface area contributed by atoms with E-state index in [0.29, 0.717) is 6.04 Å². The molecule has 1 aliphatic rings. The molecule has 1 heterocycles. The molecule has 0 aromatic heterocycles. The lowest BCUT2D eigenvalue weighted by Gasteiger charge is -2.30. The molecule has 1 fully saturated rings. The number of para-hydroxylation sites is 1. The molecule has 1 saturated heterocycles. The summed E-state index contributed by atoms with van der Waals surface area (Å²) < 4.78 is 0. The fourth-order valence-corrected chi connectivity index (χ4v) is 2.44. The van der Waals surface area contributed by atoms with E-state index in [4.69, 9.17) is 0 Å². The lowest BCUT2D eigenvalue weighted by molar-refractivity contribution is 0.196. The monoisotopic (exact) mass is 234 g/mol. The lowest BCUT2D eigenvalue weighted by Crippen LogP contribution is -2.45. The van der Waals surface area contributed by atoms with Gasteiger partial charge in [-0.25, -0.2) is 0 Å². The molecule has 1 aromatic rings. The van der Waals surface area contributed by atoms with Gasteiger partial charge in [0.1, 0.15) is 0 Å². The predicted octanol–water partition coefficient (Wildman–Crippen LogP) is 1.94. The van der Waals surface area contributed by atoms with Crippen LogP contribution in [0.4, 0.5) is 5.69 Å². The lowest BCUT2D eigenvalue weighted by atomic mass is 9.99. The van der Waals surface area contributed by atoms with Gasteiger partial charge in [-0.05, 0) is 32.4 Å². The summed E-state index contributed by atoms with van der Waals surface area (Å²) in [7, 11) is 0. The molecule has 2 N–H and O–H groups in total. The van der Waals surface area contributed by atoms with Gasteiger partial charge in [0.15, 0.2) is 0 Å². The van der Waals surface area contributed by atoms with E-state index in [1.165, 1.54) is 0 Å². The molecule has 17 heavy (non-hydrogen) atoms. The van der Waals surface area contributed by atoms with Gasteiger partial charge in [0.05, 0.1) is 12.1 Å². The van der Waals surface area contributed by atoms with Crippen molar-refractivity contribution < 1.29 is 5.11 Å². The molecule has 0 aliphatic carbocycles. The Hall–Kier alpha value is -1.06. The molecule has 3 heteroatoms. The fraction of sp³-hybridized carbons (Fsp3) is 0.571. The molecule has 3 nitrogen and oxygen atoms in total. The summed E-state index contributed by atoms with van der Waals surface area (Å²) in [5, 5.41) is 13.2. The third-order valence-electron chi connectivity index (χ3n) is 3.60. The van der Waals surface area contributed by atoms with Crippen molar-refractivity contribution in [2.75, 3.05) is 25.0 Å². The summed E-state index contributed by atoms with van der Waals surface area (Å²) in [4.78, 5) is 2.41. The SMILES string of the molecule is CC(C)N1CCC(CO)(Nc2ccccc2)C1. The molecule has 0 radical (unpaired) electrons. The van der Waals surface area contributed by atoms with Crippen molar-refractivity contribution in [3.63, 3.8) is 0 Å². The summed E-state index contributed by atoms with van der Waals surface area (Å²) in [6.45, 7) is 6.56. The zero-order valence-electron chi connectivity index (χ0n) is 10.7. The maximum absolute atomic E-state index is 9.69. The average molecular weight is 234 g/mol. The quantitative estimate of drug-likeness (QED) is 0.836. The van der Waals surface area contributed by atoms with Crippen LogP contribution >= 0.6 is 0 Å². The van der Waals surface area contributed by atoms with Crippen molar-refractivity contribution in [2.45, 2.75) is 31.8 Å². The minimum Gasteiger partial charge on any atom is -0.394 e. The summed E-state index contributed by atoms with van der Waals surface area (Å²) in [6, 6.07) is 10.7. The van der Waals surface area contributed by atoms with Crippen molar-refractivity contribution in [1.82, 2.24) is 4.90 Å². The van der Waals surface area contributed by atoms with Crippen LogP contribution in [-0.4, -0.2) is 41.3 Å². The number of hydrogen-bond donors (Lipinski definition) is 2. The molecule has 1 aliphatic heterocycles. The van der Waals surface area contributed by atoms with Crippen LogP contribution in [0.25, 0.3) is 0 Å². The van der Waals surface area contributed by atoms with E-state index in [1.807, 2.05) is 18.2 Å². The summed E-state index contributed by atoms with van der Waals surface area (Å²) in [5.41, 5.74) is 0.915. The normalized spacial score (nSPS) is 25.4. The minimum atomic E-state index is -0.175. The minimum absolute atomic E-state index is 0.175. The second kappa shape index (κ2) is 5.07. The van der Waals surface area contributed by atoms with E-state index in [-0.39, 0.29) is 12.1 Å². The number of hydrogen-bond acceptors (Lipinski definition) is 3. The van der Waals surface area contributed by atoms with Gasteiger partial charge in [0, 0.05) is 24.8 Å².